The van der Waals surface area contributed by atoms with Gasteiger partial charge in [0.25, 0.3) is 5.91 Å². The number of amides is 1. The molecule has 2 atom stereocenters. The maximum atomic E-state index is 13.8. The second kappa shape index (κ2) is 6.47. The Balaban J connectivity index is 1.78. The zero-order valence-electron chi connectivity index (χ0n) is 13.0. The van der Waals surface area contributed by atoms with Crippen LogP contribution >= 0.6 is 0 Å². The summed E-state index contributed by atoms with van der Waals surface area (Å²) >= 11 is 0. The summed E-state index contributed by atoms with van der Waals surface area (Å²) in [4.78, 5) is 14.2. The Hall–Kier alpha value is -2.25. The van der Waals surface area contributed by atoms with Gasteiger partial charge in [-0.2, -0.15) is 5.10 Å². The first-order chi connectivity index (χ1) is 11.1. The Labute approximate surface area is 133 Å². The van der Waals surface area contributed by atoms with Crippen LogP contribution in [0.4, 0.5) is 4.39 Å². The minimum absolute atomic E-state index is 0.155. The van der Waals surface area contributed by atoms with Crippen LogP contribution in [0.3, 0.4) is 0 Å². The molecule has 1 fully saturated rings. The predicted octanol–water partition coefficient (Wildman–Crippen LogP) is 1.50. The van der Waals surface area contributed by atoms with Gasteiger partial charge in [-0.05, 0) is 18.2 Å². The number of likely N-dealkylation sites (tertiary alicyclic amines) is 1. The normalized spacial score (nSPS) is 20.9. The van der Waals surface area contributed by atoms with Crippen LogP contribution in [0.15, 0.2) is 36.5 Å². The Morgan fingerprint density at radius 1 is 1.17 bits per heavy atom. The van der Waals surface area contributed by atoms with E-state index in [1.165, 1.54) is 10.7 Å². The SMILES string of the molecule is CO[C@H]1CN(C(=O)c2ccn(-c3ccccc3F)n2)C[C@H]1OC. The number of hydrogen-bond donors (Lipinski definition) is 0. The zero-order chi connectivity index (χ0) is 16.4. The number of halogens is 1. The third kappa shape index (κ3) is 2.97. The van der Waals surface area contributed by atoms with Crippen molar-refractivity contribution in [3.63, 3.8) is 0 Å². The molecule has 0 N–H and O–H groups in total. The first-order valence-electron chi connectivity index (χ1n) is 7.29. The van der Waals surface area contributed by atoms with E-state index in [9.17, 15) is 9.18 Å². The van der Waals surface area contributed by atoms with E-state index >= 15 is 0 Å². The van der Waals surface area contributed by atoms with Gasteiger partial charge in [-0.25, -0.2) is 9.07 Å². The molecule has 122 valence electrons. The highest BCUT2D eigenvalue weighted by atomic mass is 19.1. The highest BCUT2D eigenvalue weighted by Gasteiger charge is 2.36. The summed E-state index contributed by atoms with van der Waals surface area (Å²) in [5.41, 5.74) is 0.567. The smallest absolute Gasteiger partial charge is 0.274 e. The lowest BCUT2D eigenvalue weighted by molar-refractivity contribution is -0.00461. The molecule has 1 saturated heterocycles. The number of para-hydroxylation sites is 1. The summed E-state index contributed by atoms with van der Waals surface area (Å²) in [5, 5.41) is 4.19. The van der Waals surface area contributed by atoms with Crippen LogP contribution in [0.2, 0.25) is 0 Å². The van der Waals surface area contributed by atoms with Crippen LogP contribution in [-0.2, 0) is 9.47 Å². The molecule has 1 aliphatic heterocycles. The van der Waals surface area contributed by atoms with E-state index in [2.05, 4.69) is 5.10 Å². The summed E-state index contributed by atoms with van der Waals surface area (Å²) in [5.74, 6) is -0.614. The number of nitrogens with zero attached hydrogens (tertiary/aromatic N) is 3. The van der Waals surface area contributed by atoms with E-state index in [1.54, 1.807) is 49.6 Å². The predicted molar refractivity (Wildman–Crippen MR) is 81.0 cm³/mol. The molecule has 1 amide bonds. The maximum absolute atomic E-state index is 13.8. The first kappa shape index (κ1) is 15.6. The number of carbonyl (C=O) groups excluding carboxylic acids is 1. The zero-order valence-corrected chi connectivity index (χ0v) is 13.0. The lowest BCUT2D eigenvalue weighted by atomic mass is 10.3. The van der Waals surface area contributed by atoms with Crippen molar-refractivity contribution in [2.75, 3.05) is 27.3 Å². The average molecular weight is 319 g/mol. The molecule has 23 heavy (non-hydrogen) atoms. The molecule has 3 rings (SSSR count). The number of benzene rings is 1. The van der Waals surface area contributed by atoms with Crippen molar-refractivity contribution in [1.82, 2.24) is 14.7 Å². The van der Waals surface area contributed by atoms with Crippen molar-refractivity contribution < 1.29 is 18.7 Å². The van der Waals surface area contributed by atoms with Crippen LogP contribution in [0.25, 0.3) is 5.69 Å². The molecule has 0 spiro atoms. The van der Waals surface area contributed by atoms with Crippen molar-refractivity contribution in [2.45, 2.75) is 12.2 Å². The van der Waals surface area contributed by atoms with Crippen LogP contribution in [0.5, 0.6) is 0 Å². The number of methoxy groups -OCH3 is 2. The third-order valence-electron chi connectivity index (χ3n) is 4.02. The van der Waals surface area contributed by atoms with Gasteiger partial charge in [0.05, 0.1) is 0 Å². The number of ether oxygens (including phenoxy) is 2. The van der Waals surface area contributed by atoms with Crippen molar-refractivity contribution in [1.29, 1.82) is 0 Å². The van der Waals surface area contributed by atoms with E-state index in [4.69, 9.17) is 9.47 Å². The average Bonchev–Trinajstić information content (AvgIpc) is 3.21. The Kier molecular flexibility index (Phi) is 4.40. The number of rotatable bonds is 4. The molecule has 0 saturated carbocycles. The van der Waals surface area contributed by atoms with Gasteiger partial charge in [0.1, 0.15) is 23.7 Å². The summed E-state index contributed by atoms with van der Waals surface area (Å²) in [7, 11) is 3.19. The monoisotopic (exact) mass is 319 g/mol. The highest BCUT2D eigenvalue weighted by molar-refractivity contribution is 5.92. The number of hydrogen-bond acceptors (Lipinski definition) is 4. The van der Waals surface area contributed by atoms with Gasteiger partial charge >= 0.3 is 0 Å². The molecule has 0 unspecified atom stereocenters. The topological polar surface area (TPSA) is 56.6 Å². The molecule has 0 aliphatic carbocycles. The first-order valence-corrected chi connectivity index (χ1v) is 7.29. The summed E-state index contributed by atoms with van der Waals surface area (Å²) in [6.45, 7) is 0.890. The summed E-state index contributed by atoms with van der Waals surface area (Å²) in [6, 6.07) is 7.86. The maximum Gasteiger partial charge on any atom is 0.274 e. The van der Waals surface area contributed by atoms with E-state index in [1.807, 2.05) is 0 Å². The van der Waals surface area contributed by atoms with E-state index in [-0.39, 0.29) is 23.8 Å². The van der Waals surface area contributed by atoms with Crippen molar-refractivity contribution in [3.05, 3.63) is 48.0 Å². The molecule has 0 radical (unpaired) electrons. The van der Waals surface area contributed by atoms with Crippen LogP contribution in [0, 0.1) is 5.82 Å². The van der Waals surface area contributed by atoms with Crippen molar-refractivity contribution >= 4 is 5.91 Å². The fourth-order valence-electron chi connectivity index (χ4n) is 2.73. The Morgan fingerprint density at radius 2 is 1.83 bits per heavy atom. The van der Waals surface area contributed by atoms with Gasteiger partial charge < -0.3 is 14.4 Å². The molecule has 6 nitrogen and oxygen atoms in total. The van der Waals surface area contributed by atoms with Crippen LogP contribution < -0.4 is 0 Å². The molecule has 7 heteroatoms. The van der Waals surface area contributed by atoms with Gasteiger partial charge in [0, 0.05) is 33.5 Å². The van der Waals surface area contributed by atoms with Crippen molar-refractivity contribution in [2.24, 2.45) is 0 Å². The Morgan fingerprint density at radius 3 is 2.43 bits per heavy atom. The molecular formula is C16H18FN3O3. The van der Waals surface area contributed by atoms with Gasteiger partial charge in [0.2, 0.25) is 0 Å². The number of carbonyl (C=O) groups is 1. The highest BCUT2D eigenvalue weighted by Crippen LogP contribution is 2.19. The summed E-state index contributed by atoms with van der Waals surface area (Å²) < 4.78 is 25.8. The minimum Gasteiger partial charge on any atom is -0.377 e. The van der Waals surface area contributed by atoms with Gasteiger partial charge in [0.15, 0.2) is 5.69 Å². The second-order valence-corrected chi connectivity index (χ2v) is 5.36. The lowest BCUT2D eigenvalue weighted by Crippen LogP contribution is -2.30. The van der Waals surface area contributed by atoms with E-state index in [0.717, 1.165) is 0 Å². The molecule has 1 aliphatic rings. The molecule has 2 heterocycles. The fourth-order valence-corrected chi connectivity index (χ4v) is 2.73. The molecular weight excluding hydrogens is 301 g/mol. The lowest BCUT2D eigenvalue weighted by Gasteiger charge is -2.13. The third-order valence-corrected chi connectivity index (χ3v) is 4.02. The van der Waals surface area contributed by atoms with E-state index < -0.39 is 5.82 Å². The van der Waals surface area contributed by atoms with Gasteiger partial charge in [-0.15, -0.1) is 0 Å². The number of aromatic nitrogens is 2. The van der Waals surface area contributed by atoms with Gasteiger partial charge in [-0.3, -0.25) is 4.79 Å². The quantitative estimate of drug-likeness (QED) is 0.857. The molecule has 0 bridgehead atoms. The minimum atomic E-state index is -0.394. The second-order valence-electron chi connectivity index (χ2n) is 5.36. The standard InChI is InChI=1S/C16H18FN3O3/c1-22-14-9-19(10-15(14)23-2)16(21)12-7-8-20(18-12)13-6-4-3-5-11(13)17/h3-8,14-15H,9-10H2,1-2H3/t14-,15+. The van der Waals surface area contributed by atoms with Crippen LogP contribution in [-0.4, -0.2) is 60.1 Å². The molecule has 1 aromatic carbocycles. The summed E-state index contributed by atoms with van der Waals surface area (Å²) in [6.07, 6.45) is 1.26. The molecule has 1 aromatic heterocycles. The van der Waals surface area contributed by atoms with Gasteiger partial charge in [-0.1, -0.05) is 12.1 Å². The van der Waals surface area contributed by atoms with Crippen LogP contribution in [0.1, 0.15) is 10.5 Å². The Bertz CT molecular complexity index is 691. The largest absolute Gasteiger partial charge is 0.377 e. The molecule has 2 aromatic rings. The van der Waals surface area contributed by atoms with Crippen molar-refractivity contribution in [3.8, 4) is 5.69 Å². The van der Waals surface area contributed by atoms with E-state index in [0.29, 0.717) is 18.8 Å². The fraction of sp³-hybridized carbons (Fsp3) is 0.375.